The van der Waals surface area contributed by atoms with Crippen molar-refractivity contribution in [3.63, 3.8) is 0 Å². The van der Waals surface area contributed by atoms with Crippen LogP contribution < -0.4 is 5.11 Å². The van der Waals surface area contributed by atoms with Gasteiger partial charge >= 0.3 is 0 Å². The quantitative estimate of drug-likeness (QED) is 0.225. The summed E-state index contributed by atoms with van der Waals surface area (Å²) >= 11 is 0. The van der Waals surface area contributed by atoms with Crippen LogP contribution in [0.25, 0.3) is 0 Å². The summed E-state index contributed by atoms with van der Waals surface area (Å²) in [5, 5.41) is 11.2. The summed E-state index contributed by atoms with van der Waals surface area (Å²) in [5.41, 5.74) is 4.41. The van der Waals surface area contributed by atoms with Gasteiger partial charge in [0.25, 0.3) is 0 Å². The SMILES string of the molecule is CCCC(CCCC(CCCC(CC)c1ccccc1)c1ccc(C(=O)[O-])cc1)c1ccccc1. The Labute approximate surface area is 212 Å². The van der Waals surface area contributed by atoms with E-state index in [4.69, 9.17) is 0 Å². The summed E-state index contributed by atoms with van der Waals surface area (Å²) in [5.74, 6) is 0.568. The molecule has 0 aromatic heterocycles. The summed E-state index contributed by atoms with van der Waals surface area (Å²) in [6.07, 6.45) is 10.6. The van der Waals surface area contributed by atoms with Gasteiger partial charge in [-0.05, 0) is 78.5 Å². The molecule has 3 unspecified atom stereocenters. The Morgan fingerprint density at radius 1 is 0.600 bits per heavy atom. The zero-order valence-electron chi connectivity index (χ0n) is 21.5. The number of carboxylic acid groups (broad SMARTS) is 1. The zero-order valence-corrected chi connectivity index (χ0v) is 21.5. The molecule has 0 N–H and O–H groups in total. The fraction of sp³-hybridized carbons (Fsp3) is 0.424. The third-order valence-corrected chi connectivity index (χ3v) is 7.50. The highest BCUT2D eigenvalue weighted by atomic mass is 16.4. The van der Waals surface area contributed by atoms with Gasteiger partial charge in [-0.25, -0.2) is 0 Å². The molecule has 3 atom stereocenters. The smallest absolute Gasteiger partial charge is 0.0715 e. The van der Waals surface area contributed by atoms with Crippen molar-refractivity contribution in [1.82, 2.24) is 0 Å². The molecule has 2 heteroatoms. The van der Waals surface area contributed by atoms with Crippen molar-refractivity contribution in [2.75, 3.05) is 0 Å². The molecule has 2 nitrogen and oxygen atoms in total. The molecule has 0 aliphatic rings. The van der Waals surface area contributed by atoms with Crippen molar-refractivity contribution in [3.8, 4) is 0 Å². The molecule has 0 fully saturated rings. The second kappa shape index (κ2) is 14.5. The van der Waals surface area contributed by atoms with Crippen LogP contribution in [0.15, 0.2) is 84.9 Å². The van der Waals surface area contributed by atoms with Gasteiger partial charge in [0, 0.05) is 0 Å². The van der Waals surface area contributed by atoms with E-state index in [1.807, 2.05) is 12.1 Å². The summed E-state index contributed by atoms with van der Waals surface area (Å²) in [4.78, 5) is 11.2. The highest BCUT2D eigenvalue weighted by Crippen LogP contribution is 2.34. The molecule has 0 bridgehead atoms. The number of hydrogen-bond acceptors (Lipinski definition) is 2. The largest absolute Gasteiger partial charge is 0.545 e. The van der Waals surface area contributed by atoms with Crippen molar-refractivity contribution >= 4 is 5.97 Å². The molecule has 0 aliphatic heterocycles. The Bertz CT molecular complexity index is 979. The minimum Gasteiger partial charge on any atom is -0.545 e. The van der Waals surface area contributed by atoms with Crippen molar-refractivity contribution in [2.24, 2.45) is 0 Å². The van der Waals surface area contributed by atoms with Gasteiger partial charge in [0.15, 0.2) is 0 Å². The molecule has 3 aromatic rings. The number of rotatable bonds is 15. The Balaban J connectivity index is 1.64. The van der Waals surface area contributed by atoms with Crippen molar-refractivity contribution in [3.05, 3.63) is 107 Å². The summed E-state index contributed by atoms with van der Waals surface area (Å²) < 4.78 is 0. The van der Waals surface area contributed by atoms with Crippen LogP contribution in [-0.2, 0) is 0 Å². The molecule has 0 heterocycles. The van der Waals surface area contributed by atoms with Crippen LogP contribution in [0.5, 0.6) is 0 Å². The third-order valence-electron chi connectivity index (χ3n) is 7.50. The molecule has 0 amide bonds. The van der Waals surface area contributed by atoms with Crippen molar-refractivity contribution in [2.45, 2.75) is 89.4 Å². The van der Waals surface area contributed by atoms with E-state index in [0.29, 0.717) is 17.8 Å². The maximum Gasteiger partial charge on any atom is 0.0715 e. The van der Waals surface area contributed by atoms with E-state index in [1.54, 1.807) is 12.1 Å². The van der Waals surface area contributed by atoms with E-state index >= 15 is 0 Å². The molecule has 35 heavy (non-hydrogen) atoms. The first kappa shape index (κ1) is 26.7. The van der Waals surface area contributed by atoms with E-state index in [2.05, 4.69) is 74.5 Å². The molecule has 3 aromatic carbocycles. The highest BCUT2D eigenvalue weighted by molar-refractivity contribution is 5.85. The fourth-order valence-electron chi connectivity index (χ4n) is 5.47. The van der Waals surface area contributed by atoms with E-state index in [9.17, 15) is 9.90 Å². The second-order valence-corrected chi connectivity index (χ2v) is 9.88. The van der Waals surface area contributed by atoms with Crippen LogP contribution in [0.3, 0.4) is 0 Å². The Kier molecular flexibility index (Phi) is 11.1. The Hall–Kier alpha value is -2.87. The number of hydrogen-bond donors (Lipinski definition) is 0. The first-order valence-electron chi connectivity index (χ1n) is 13.5. The molecule has 0 saturated heterocycles. The van der Waals surface area contributed by atoms with Crippen LogP contribution in [0.1, 0.15) is 116 Å². The van der Waals surface area contributed by atoms with E-state index < -0.39 is 5.97 Å². The van der Waals surface area contributed by atoms with E-state index in [1.165, 1.54) is 55.2 Å². The van der Waals surface area contributed by atoms with Gasteiger partial charge in [-0.2, -0.15) is 0 Å². The predicted octanol–water partition coefficient (Wildman–Crippen LogP) is 8.25. The highest BCUT2D eigenvalue weighted by Gasteiger charge is 2.16. The van der Waals surface area contributed by atoms with Gasteiger partial charge in [0.2, 0.25) is 0 Å². The second-order valence-electron chi connectivity index (χ2n) is 9.88. The summed E-state index contributed by atoms with van der Waals surface area (Å²) in [7, 11) is 0. The number of carbonyl (C=O) groups is 1. The maximum atomic E-state index is 11.2. The number of carboxylic acids is 1. The third kappa shape index (κ3) is 8.38. The van der Waals surface area contributed by atoms with Gasteiger partial charge in [-0.3, -0.25) is 0 Å². The van der Waals surface area contributed by atoms with Crippen molar-refractivity contribution in [1.29, 1.82) is 0 Å². The normalized spacial score (nSPS) is 13.8. The zero-order chi connectivity index (χ0) is 24.9. The molecule has 0 saturated carbocycles. The summed E-state index contributed by atoms with van der Waals surface area (Å²) in [6.45, 7) is 4.56. The molecule has 0 spiro atoms. The molecule has 0 aliphatic carbocycles. The van der Waals surface area contributed by atoms with Gasteiger partial charge < -0.3 is 9.90 Å². The van der Waals surface area contributed by atoms with Gasteiger partial charge in [-0.1, -0.05) is 118 Å². The van der Waals surface area contributed by atoms with Crippen molar-refractivity contribution < 1.29 is 9.90 Å². The molecule has 186 valence electrons. The van der Waals surface area contributed by atoms with Crippen LogP contribution in [0.2, 0.25) is 0 Å². The van der Waals surface area contributed by atoms with E-state index in [0.717, 1.165) is 19.3 Å². The molecular formula is C33H41O2-. The van der Waals surface area contributed by atoms with Crippen LogP contribution in [0, 0.1) is 0 Å². The first-order chi connectivity index (χ1) is 17.1. The van der Waals surface area contributed by atoms with Crippen LogP contribution in [0.4, 0.5) is 0 Å². The molecule has 0 radical (unpaired) electrons. The van der Waals surface area contributed by atoms with Gasteiger partial charge in [0.05, 0.1) is 5.97 Å². The Morgan fingerprint density at radius 3 is 1.49 bits per heavy atom. The minimum absolute atomic E-state index is 0.259. The van der Waals surface area contributed by atoms with Crippen LogP contribution in [-0.4, -0.2) is 5.97 Å². The lowest BCUT2D eigenvalue weighted by Gasteiger charge is -2.22. The maximum absolute atomic E-state index is 11.2. The first-order valence-corrected chi connectivity index (χ1v) is 13.5. The van der Waals surface area contributed by atoms with Crippen LogP contribution >= 0.6 is 0 Å². The van der Waals surface area contributed by atoms with Gasteiger partial charge in [0.1, 0.15) is 0 Å². The number of benzene rings is 3. The number of carbonyl (C=O) groups excluding carboxylic acids is 1. The topological polar surface area (TPSA) is 40.1 Å². The molecular weight excluding hydrogens is 428 g/mol. The molecule has 3 rings (SSSR count). The number of aromatic carboxylic acids is 1. The Morgan fingerprint density at radius 2 is 1.03 bits per heavy atom. The lowest BCUT2D eigenvalue weighted by molar-refractivity contribution is -0.255. The standard InChI is InChI=1S/C33H42O2/c1-3-13-27(29-16-9-6-10-17-29)19-12-21-30(31-22-24-32(25-23-31)33(34)35)20-11-18-26(4-2)28-14-7-5-8-15-28/h5-10,14-17,22-27,30H,3-4,11-13,18-21H2,1-2H3,(H,34,35)/p-1. The lowest BCUT2D eigenvalue weighted by Crippen LogP contribution is -2.22. The summed E-state index contributed by atoms with van der Waals surface area (Å²) in [6, 6.07) is 29.2. The average Bonchev–Trinajstić information content (AvgIpc) is 2.90. The van der Waals surface area contributed by atoms with E-state index in [-0.39, 0.29) is 5.56 Å². The predicted molar refractivity (Wildman–Crippen MR) is 145 cm³/mol. The van der Waals surface area contributed by atoms with Gasteiger partial charge in [-0.15, -0.1) is 0 Å². The lowest BCUT2D eigenvalue weighted by atomic mass is 9.83. The minimum atomic E-state index is -1.10. The fourth-order valence-corrected chi connectivity index (χ4v) is 5.47. The monoisotopic (exact) mass is 469 g/mol. The average molecular weight is 470 g/mol.